The van der Waals surface area contributed by atoms with Crippen LogP contribution in [0.5, 0.6) is 0 Å². The van der Waals surface area contributed by atoms with Crippen LogP contribution in [0.2, 0.25) is 0 Å². The fourth-order valence-electron chi connectivity index (χ4n) is 3.02. The Morgan fingerprint density at radius 2 is 1.89 bits per heavy atom. The van der Waals surface area contributed by atoms with E-state index in [1.807, 2.05) is 53.4 Å². The molecule has 144 valence electrons. The van der Waals surface area contributed by atoms with Crippen molar-refractivity contribution in [3.05, 3.63) is 70.7 Å². The molecule has 0 saturated carbocycles. The van der Waals surface area contributed by atoms with Gasteiger partial charge in [-0.3, -0.25) is 4.79 Å². The average molecular weight is 443 g/mol. The molecular formula is C20H19BrN4O3. The number of hydrogen-bond acceptors (Lipinski definition) is 5. The summed E-state index contributed by atoms with van der Waals surface area (Å²) >= 11 is 3.51. The molecule has 0 atom stereocenters. The molecule has 1 aromatic carbocycles. The van der Waals surface area contributed by atoms with Gasteiger partial charge < -0.3 is 18.6 Å². The van der Waals surface area contributed by atoms with Crippen LogP contribution in [0.3, 0.4) is 0 Å². The van der Waals surface area contributed by atoms with Gasteiger partial charge in [-0.1, -0.05) is 12.1 Å². The summed E-state index contributed by atoms with van der Waals surface area (Å²) in [5.74, 6) is 1.00. The Morgan fingerprint density at radius 1 is 1.14 bits per heavy atom. The first-order chi connectivity index (χ1) is 13.7. The third-order valence-corrected chi connectivity index (χ3v) is 4.94. The fourth-order valence-corrected chi connectivity index (χ4v) is 3.58. The third-order valence-electron chi connectivity index (χ3n) is 4.38. The van der Waals surface area contributed by atoms with E-state index in [-0.39, 0.29) is 5.91 Å². The summed E-state index contributed by atoms with van der Waals surface area (Å²) in [5, 5.41) is 4.05. The number of hydrazone groups is 1. The standard InChI is InChI=1S/C20H19BrN4O3/c21-17-13-15(28-20(17)25-9-11-27-12-10-25)14-22-23-19(26)16-5-1-2-6-18(16)24-7-3-4-8-24/h1-8,13-14H,9-12H2,(H,23,26)/b22-14-. The Balaban J connectivity index is 1.45. The quantitative estimate of drug-likeness (QED) is 0.485. The Kier molecular flexibility index (Phi) is 5.59. The minimum absolute atomic E-state index is 0.292. The molecule has 8 heteroatoms. The number of nitrogens with zero attached hydrogens (tertiary/aromatic N) is 3. The lowest BCUT2D eigenvalue weighted by Gasteiger charge is -2.26. The number of furan rings is 1. The van der Waals surface area contributed by atoms with Crippen LogP contribution in [-0.4, -0.2) is 43.0 Å². The van der Waals surface area contributed by atoms with Crippen molar-refractivity contribution in [2.45, 2.75) is 0 Å². The molecule has 1 fully saturated rings. The highest BCUT2D eigenvalue weighted by Gasteiger charge is 2.18. The predicted octanol–water partition coefficient (Wildman–Crippen LogP) is 3.43. The summed E-state index contributed by atoms with van der Waals surface area (Å²) in [4.78, 5) is 14.7. The van der Waals surface area contributed by atoms with E-state index in [4.69, 9.17) is 9.15 Å². The topological polar surface area (TPSA) is 72.0 Å². The lowest BCUT2D eigenvalue weighted by atomic mass is 10.1. The lowest BCUT2D eigenvalue weighted by Crippen LogP contribution is -2.36. The molecule has 0 aliphatic carbocycles. The van der Waals surface area contributed by atoms with Gasteiger partial charge in [0, 0.05) is 31.5 Å². The van der Waals surface area contributed by atoms with Crippen LogP contribution in [0.25, 0.3) is 5.69 Å². The summed E-state index contributed by atoms with van der Waals surface area (Å²) in [6.45, 7) is 2.89. The molecule has 1 aliphatic heterocycles. The summed E-state index contributed by atoms with van der Waals surface area (Å²) in [6, 6.07) is 13.0. The summed E-state index contributed by atoms with van der Waals surface area (Å²) in [5.41, 5.74) is 3.89. The second-order valence-corrected chi connectivity index (χ2v) is 7.06. The SMILES string of the molecule is O=C(N/N=C\c1cc(Br)c(N2CCOCC2)o1)c1ccccc1-n1cccc1. The number of ether oxygens (including phenoxy) is 1. The molecule has 3 heterocycles. The second-order valence-electron chi connectivity index (χ2n) is 6.21. The predicted molar refractivity (Wildman–Crippen MR) is 110 cm³/mol. The van der Waals surface area contributed by atoms with Gasteiger partial charge in [0.1, 0.15) is 0 Å². The fraction of sp³-hybridized carbons (Fsp3) is 0.200. The highest BCUT2D eigenvalue weighted by Crippen LogP contribution is 2.30. The van der Waals surface area contributed by atoms with Gasteiger partial charge in [0.15, 0.2) is 5.76 Å². The minimum Gasteiger partial charge on any atom is -0.438 e. The minimum atomic E-state index is -0.292. The van der Waals surface area contributed by atoms with Crippen LogP contribution in [0.1, 0.15) is 16.1 Å². The highest BCUT2D eigenvalue weighted by molar-refractivity contribution is 9.10. The van der Waals surface area contributed by atoms with Crippen molar-refractivity contribution in [3.8, 4) is 5.69 Å². The maximum Gasteiger partial charge on any atom is 0.273 e. The zero-order valence-electron chi connectivity index (χ0n) is 15.0. The Hall–Kier alpha value is -2.84. The molecule has 1 amide bonds. The first-order valence-corrected chi connectivity index (χ1v) is 9.69. The molecule has 1 saturated heterocycles. The largest absolute Gasteiger partial charge is 0.438 e. The Labute approximate surface area is 170 Å². The van der Waals surface area contributed by atoms with Crippen LogP contribution in [-0.2, 0) is 4.74 Å². The van der Waals surface area contributed by atoms with Gasteiger partial charge in [-0.25, -0.2) is 5.43 Å². The molecule has 7 nitrogen and oxygen atoms in total. The first-order valence-electron chi connectivity index (χ1n) is 8.90. The van der Waals surface area contributed by atoms with Crippen molar-refractivity contribution in [3.63, 3.8) is 0 Å². The number of carbonyl (C=O) groups excluding carboxylic acids is 1. The molecule has 4 rings (SSSR count). The Bertz CT molecular complexity index is 975. The molecule has 1 aliphatic rings. The number of hydrogen-bond donors (Lipinski definition) is 1. The smallest absolute Gasteiger partial charge is 0.273 e. The van der Waals surface area contributed by atoms with Crippen LogP contribution >= 0.6 is 15.9 Å². The van der Waals surface area contributed by atoms with Crippen molar-refractivity contribution in [2.75, 3.05) is 31.2 Å². The molecule has 0 radical (unpaired) electrons. The number of morpholine rings is 1. The van der Waals surface area contributed by atoms with Crippen molar-refractivity contribution >= 4 is 33.9 Å². The molecule has 0 bridgehead atoms. The lowest BCUT2D eigenvalue weighted by molar-refractivity contribution is 0.0955. The summed E-state index contributed by atoms with van der Waals surface area (Å²) in [6.07, 6.45) is 5.27. The van der Waals surface area contributed by atoms with Crippen LogP contribution in [0.15, 0.2) is 68.8 Å². The van der Waals surface area contributed by atoms with E-state index in [0.29, 0.717) is 24.5 Å². The van der Waals surface area contributed by atoms with Gasteiger partial charge in [0.2, 0.25) is 5.88 Å². The number of halogens is 1. The molecule has 3 aromatic rings. The molecule has 0 spiro atoms. The maximum atomic E-state index is 12.6. The van der Waals surface area contributed by atoms with Gasteiger partial charge in [-0.05, 0) is 40.2 Å². The number of rotatable bonds is 5. The molecule has 0 unspecified atom stereocenters. The normalized spacial score (nSPS) is 14.5. The van der Waals surface area contributed by atoms with E-state index in [0.717, 1.165) is 29.1 Å². The zero-order chi connectivity index (χ0) is 19.3. The molecule has 2 aromatic heterocycles. The number of amides is 1. The van der Waals surface area contributed by atoms with Crippen molar-refractivity contribution < 1.29 is 13.9 Å². The number of anilines is 1. The highest BCUT2D eigenvalue weighted by atomic mass is 79.9. The maximum absolute atomic E-state index is 12.6. The van der Waals surface area contributed by atoms with Crippen LogP contribution in [0.4, 0.5) is 5.88 Å². The van der Waals surface area contributed by atoms with Crippen LogP contribution in [0, 0.1) is 0 Å². The zero-order valence-corrected chi connectivity index (χ0v) is 16.6. The van der Waals surface area contributed by atoms with Gasteiger partial charge in [0.25, 0.3) is 5.91 Å². The van der Waals surface area contributed by atoms with Crippen molar-refractivity contribution in [2.24, 2.45) is 5.10 Å². The number of nitrogens with one attached hydrogen (secondary N) is 1. The summed E-state index contributed by atoms with van der Waals surface area (Å²) in [7, 11) is 0. The Morgan fingerprint density at radius 3 is 2.68 bits per heavy atom. The number of para-hydroxylation sites is 1. The van der Waals surface area contributed by atoms with E-state index in [9.17, 15) is 4.79 Å². The van der Waals surface area contributed by atoms with E-state index in [2.05, 4.69) is 31.4 Å². The van der Waals surface area contributed by atoms with Gasteiger partial charge in [0.05, 0.1) is 35.2 Å². The first kappa shape index (κ1) is 18.5. The van der Waals surface area contributed by atoms with Gasteiger partial charge in [-0.2, -0.15) is 5.10 Å². The molecule has 1 N–H and O–H groups in total. The second kappa shape index (κ2) is 8.45. The van der Waals surface area contributed by atoms with Gasteiger partial charge >= 0.3 is 0 Å². The van der Waals surface area contributed by atoms with E-state index < -0.39 is 0 Å². The molecular weight excluding hydrogens is 424 g/mol. The van der Waals surface area contributed by atoms with E-state index >= 15 is 0 Å². The molecule has 28 heavy (non-hydrogen) atoms. The summed E-state index contributed by atoms with van der Waals surface area (Å²) < 4.78 is 13.9. The average Bonchev–Trinajstić information content (AvgIpc) is 3.38. The van der Waals surface area contributed by atoms with Crippen molar-refractivity contribution in [1.82, 2.24) is 9.99 Å². The number of carbonyl (C=O) groups is 1. The van der Waals surface area contributed by atoms with Crippen molar-refractivity contribution in [1.29, 1.82) is 0 Å². The number of benzene rings is 1. The van der Waals surface area contributed by atoms with Gasteiger partial charge in [-0.15, -0.1) is 0 Å². The van der Waals surface area contributed by atoms with E-state index in [1.54, 1.807) is 6.07 Å². The number of aromatic nitrogens is 1. The third kappa shape index (κ3) is 4.02. The van der Waals surface area contributed by atoms with E-state index in [1.165, 1.54) is 6.21 Å². The van der Waals surface area contributed by atoms with Crippen LogP contribution < -0.4 is 10.3 Å². The monoisotopic (exact) mass is 442 g/mol.